The van der Waals surface area contributed by atoms with Crippen LogP contribution in [0.4, 0.5) is 0 Å². The van der Waals surface area contributed by atoms with Gasteiger partial charge < -0.3 is 0 Å². The first kappa shape index (κ1) is 9.97. The fourth-order valence-electron chi connectivity index (χ4n) is 1.97. The molecule has 0 radical (unpaired) electrons. The summed E-state index contributed by atoms with van der Waals surface area (Å²) in [6.07, 6.45) is 3.61. The first-order valence-electron chi connectivity index (χ1n) is 5.61. The number of benzene rings is 1. The second-order valence-electron chi connectivity index (χ2n) is 4.08. The Morgan fingerprint density at radius 1 is 0.941 bits per heavy atom. The number of pyridine rings is 2. The number of aryl methyl sites for hydroxylation is 1. The third kappa shape index (κ3) is 1.78. The summed E-state index contributed by atoms with van der Waals surface area (Å²) in [7, 11) is 0. The minimum atomic E-state index is 0.972. The molecule has 0 saturated heterocycles. The van der Waals surface area contributed by atoms with E-state index in [9.17, 15) is 0 Å². The van der Waals surface area contributed by atoms with Crippen molar-refractivity contribution in [3.63, 3.8) is 0 Å². The molecule has 1 aromatic carbocycles. The zero-order valence-electron chi connectivity index (χ0n) is 9.59. The lowest BCUT2D eigenvalue weighted by Crippen LogP contribution is -1.88. The van der Waals surface area contributed by atoms with E-state index in [1.165, 1.54) is 10.9 Å². The number of nitrogens with zero attached hydrogens (tertiary/aromatic N) is 2. The van der Waals surface area contributed by atoms with E-state index in [2.05, 4.69) is 36.2 Å². The normalized spacial score (nSPS) is 10.6. The van der Waals surface area contributed by atoms with Crippen LogP contribution in [0.2, 0.25) is 0 Å². The zero-order valence-corrected chi connectivity index (χ0v) is 9.59. The molecule has 0 N–H and O–H groups in total. The van der Waals surface area contributed by atoms with Crippen LogP contribution < -0.4 is 0 Å². The summed E-state index contributed by atoms with van der Waals surface area (Å²) in [5, 5.41) is 1.18. The van der Waals surface area contributed by atoms with Crippen LogP contribution in [-0.4, -0.2) is 9.97 Å². The van der Waals surface area contributed by atoms with Crippen molar-refractivity contribution >= 4 is 10.9 Å². The van der Waals surface area contributed by atoms with E-state index >= 15 is 0 Å². The summed E-state index contributed by atoms with van der Waals surface area (Å²) >= 11 is 0. The molecule has 0 spiro atoms. The number of fused-ring (bicyclic) bond motifs is 1. The first-order chi connectivity index (χ1) is 8.34. The van der Waals surface area contributed by atoms with Gasteiger partial charge >= 0.3 is 0 Å². The van der Waals surface area contributed by atoms with E-state index in [1.54, 1.807) is 6.20 Å². The SMILES string of the molecule is Cc1cccc2ccc(-c3cccnc3)nc12. The third-order valence-electron chi connectivity index (χ3n) is 2.88. The molecule has 0 bridgehead atoms. The number of rotatable bonds is 1. The van der Waals surface area contributed by atoms with Crippen LogP contribution in [0.3, 0.4) is 0 Å². The molecule has 17 heavy (non-hydrogen) atoms. The number of hydrogen-bond acceptors (Lipinski definition) is 2. The van der Waals surface area contributed by atoms with Crippen molar-refractivity contribution in [3.8, 4) is 11.3 Å². The van der Waals surface area contributed by atoms with Gasteiger partial charge in [-0.1, -0.05) is 24.3 Å². The maximum absolute atomic E-state index is 4.70. The molecule has 82 valence electrons. The van der Waals surface area contributed by atoms with E-state index in [1.807, 2.05) is 24.4 Å². The third-order valence-corrected chi connectivity index (χ3v) is 2.88. The quantitative estimate of drug-likeness (QED) is 0.626. The van der Waals surface area contributed by atoms with Crippen molar-refractivity contribution in [2.45, 2.75) is 6.92 Å². The van der Waals surface area contributed by atoms with Gasteiger partial charge in [-0.05, 0) is 30.7 Å². The molecular weight excluding hydrogens is 208 g/mol. The Morgan fingerprint density at radius 3 is 2.71 bits per heavy atom. The standard InChI is InChI=1S/C15H12N2/c1-11-4-2-5-12-7-8-14(17-15(11)12)13-6-3-9-16-10-13/h2-10H,1H3. The fourth-order valence-corrected chi connectivity index (χ4v) is 1.97. The van der Waals surface area contributed by atoms with Gasteiger partial charge in [0.1, 0.15) is 0 Å². The van der Waals surface area contributed by atoms with E-state index in [0.717, 1.165) is 16.8 Å². The van der Waals surface area contributed by atoms with E-state index in [-0.39, 0.29) is 0 Å². The van der Waals surface area contributed by atoms with Gasteiger partial charge in [-0.3, -0.25) is 4.98 Å². The Bertz CT molecular complexity index is 660. The maximum Gasteiger partial charge on any atom is 0.0738 e. The van der Waals surface area contributed by atoms with Crippen LogP contribution in [0.25, 0.3) is 22.2 Å². The predicted molar refractivity (Wildman–Crippen MR) is 69.7 cm³/mol. The summed E-state index contributed by atoms with van der Waals surface area (Å²) in [5.41, 5.74) is 4.29. The molecule has 2 nitrogen and oxygen atoms in total. The van der Waals surface area contributed by atoms with Crippen LogP contribution in [0.1, 0.15) is 5.56 Å². The van der Waals surface area contributed by atoms with Gasteiger partial charge in [0.15, 0.2) is 0 Å². The van der Waals surface area contributed by atoms with E-state index < -0.39 is 0 Å². The van der Waals surface area contributed by atoms with Gasteiger partial charge in [0.05, 0.1) is 11.2 Å². The smallest absolute Gasteiger partial charge is 0.0738 e. The maximum atomic E-state index is 4.70. The molecule has 0 unspecified atom stereocenters. The molecule has 0 aliphatic heterocycles. The topological polar surface area (TPSA) is 25.8 Å². The van der Waals surface area contributed by atoms with Crippen molar-refractivity contribution in [1.82, 2.24) is 9.97 Å². The van der Waals surface area contributed by atoms with Crippen molar-refractivity contribution in [2.75, 3.05) is 0 Å². The molecule has 2 heterocycles. The Balaban J connectivity index is 2.23. The van der Waals surface area contributed by atoms with Crippen LogP contribution in [-0.2, 0) is 0 Å². The molecule has 0 saturated carbocycles. The van der Waals surface area contributed by atoms with Crippen LogP contribution in [0, 0.1) is 6.92 Å². The summed E-state index contributed by atoms with van der Waals surface area (Å²) < 4.78 is 0. The number of aromatic nitrogens is 2. The molecule has 0 aliphatic rings. The van der Waals surface area contributed by atoms with Gasteiger partial charge in [-0.2, -0.15) is 0 Å². The summed E-state index contributed by atoms with van der Waals surface area (Å²) in [6, 6.07) is 14.3. The molecular formula is C15H12N2. The van der Waals surface area contributed by atoms with Crippen molar-refractivity contribution < 1.29 is 0 Å². The Morgan fingerprint density at radius 2 is 1.88 bits per heavy atom. The minimum absolute atomic E-state index is 0.972. The van der Waals surface area contributed by atoms with Gasteiger partial charge in [-0.15, -0.1) is 0 Å². The average Bonchev–Trinajstić information content (AvgIpc) is 2.40. The van der Waals surface area contributed by atoms with Crippen molar-refractivity contribution in [3.05, 3.63) is 60.4 Å². The highest BCUT2D eigenvalue weighted by Crippen LogP contribution is 2.21. The molecule has 0 amide bonds. The highest BCUT2D eigenvalue weighted by atomic mass is 14.7. The summed E-state index contributed by atoms with van der Waals surface area (Å²) in [6.45, 7) is 2.09. The highest BCUT2D eigenvalue weighted by Gasteiger charge is 2.02. The zero-order chi connectivity index (χ0) is 11.7. The predicted octanol–water partition coefficient (Wildman–Crippen LogP) is 3.61. The highest BCUT2D eigenvalue weighted by molar-refractivity contribution is 5.84. The molecule has 3 rings (SSSR count). The molecule has 0 aliphatic carbocycles. The monoisotopic (exact) mass is 220 g/mol. The lowest BCUT2D eigenvalue weighted by molar-refractivity contribution is 1.30. The first-order valence-corrected chi connectivity index (χ1v) is 5.61. The lowest BCUT2D eigenvalue weighted by atomic mass is 10.1. The van der Waals surface area contributed by atoms with Crippen LogP contribution in [0.5, 0.6) is 0 Å². The van der Waals surface area contributed by atoms with Crippen LogP contribution >= 0.6 is 0 Å². The minimum Gasteiger partial charge on any atom is -0.264 e. The van der Waals surface area contributed by atoms with Crippen molar-refractivity contribution in [1.29, 1.82) is 0 Å². The molecule has 3 aromatic rings. The van der Waals surface area contributed by atoms with Gasteiger partial charge in [0.25, 0.3) is 0 Å². The summed E-state index contributed by atoms with van der Waals surface area (Å²) in [5.74, 6) is 0. The lowest BCUT2D eigenvalue weighted by Gasteiger charge is -2.04. The van der Waals surface area contributed by atoms with Gasteiger partial charge in [-0.25, -0.2) is 4.98 Å². The second kappa shape index (κ2) is 3.98. The molecule has 0 fully saturated rings. The fraction of sp³-hybridized carbons (Fsp3) is 0.0667. The largest absolute Gasteiger partial charge is 0.264 e. The number of hydrogen-bond donors (Lipinski definition) is 0. The Hall–Kier alpha value is -2.22. The van der Waals surface area contributed by atoms with Crippen LogP contribution in [0.15, 0.2) is 54.9 Å². The summed E-state index contributed by atoms with van der Waals surface area (Å²) in [4.78, 5) is 8.83. The Labute approximate surface area is 100.0 Å². The van der Waals surface area contributed by atoms with E-state index in [4.69, 9.17) is 4.98 Å². The van der Waals surface area contributed by atoms with Crippen molar-refractivity contribution in [2.24, 2.45) is 0 Å². The number of para-hydroxylation sites is 1. The second-order valence-corrected chi connectivity index (χ2v) is 4.08. The molecule has 2 heteroatoms. The van der Waals surface area contributed by atoms with E-state index in [0.29, 0.717) is 0 Å². The average molecular weight is 220 g/mol. The molecule has 0 atom stereocenters. The Kier molecular flexibility index (Phi) is 2.33. The van der Waals surface area contributed by atoms with Gasteiger partial charge in [0.2, 0.25) is 0 Å². The van der Waals surface area contributed by atoms with Gasteiger partial charge in [0, 0.05) is 23.3 Å². The molecule has 2 aromatic heterocycles.